The first kappa shape index (κ1) is 19.7. The number of nitrogens with one attached hydrogen (secondary N) is 2. The summed E-state index contributed by atoms with van der Waals surface area (Å²) in [5.41, 5.74) is 3.08. The first-order chi connectivity index (χ1) is 13.5. The lowest BCUT2D eigenvalue weighted by atomic mass is 10.2. The molecule has 0 spiro atoms. The van der Waals surface area contributed by atoms with Gasteiger partial charge in [-0.2, -0.15) is 0 Å². The molecule has 2 N–H and O–H groups in total. The van der Waals surface area contributed by atoms with Gasteiger partial charge in [-0.25, -0.2) is 4.98 Å². The summed E-state index contributed by atoms with van der Waals surface area (Å²) in [6.45, 7) is 0. The van der Waals surface area contributed by atoms with Gasteiger partial charge in [0.05, 0.1) is 12.1 Å². The van der Waals surface area contributed by atoms with Crippen LogP contribution in [0.1, 0.15) is 11.3 Å². The third-order valence-corrected chi connectivity index (χ3v) is 4.94. The van der Waals surface area contributed by atoms with Crippen LogP contribution in [0.25, 0.3) is 0 Å². The van der Waals surface area contributed by atoms with E-state index in [1.807, 2.05) is 73.6 Å². The zero-order valence-electron chi connectivity index (χ0n) is 15.8. The van der Waals surface area contributed by atoms with E-state index in [0.29, 0.717) is 22.3 Å². The summed E-state index contributed by atoms with van der Waals surface area (Å²) in [4.78, 5) is 33.4. The van der Waals surface area contributed by atoms with Crippen LogP contribution in [0, 0.1) is 0 Å². The lowest BCUT2D eigenvalue weighted by Crippen LogP contribution is -2.18. The molecule has 144 valence electrons. The van der Waals surface area contributed by atoms with E-state index in [1.165, 1.54) is 17.8 Å². The molecule has 0 bridgehead atoms. The van der Waals surface area contributed by atoms with E-state index in [4.69, 9.17) is 0 Å². The van der Waals surface area contributed by atoms with Gasteiger partial charge in [0.15, 0.2) is 5.16 Å². The van der Waals surface area contributed by atoms with Crippen LogP contribution in [-0.2, 0) is 17.0 Å². The molecule has 0 fully saturated rings. The molecule has 0 atom stereocenters. The van der Waals surface area contributed by atoms with Crippen molar-refractivity contribution in [2.75, 3.05) is 24.3 Å². The lowest BCUT2D eigenvalue weighted by Gasteiger charge is -2.13. The normalized spacial score (nSPS) is 10.5. The Morgan fingerprint density at radius 1 is 1.11 bits per heavy atom. The monoisotopic (exact) mass is 394 g/mol. The Kier molecular flexibility index (Phi) is 6.49. The Bertz CT molecular complexity index is 985. The third kappa shape index (κ3) is 5.72. The quantitative estimate of drug-likeness (QED) is 0.475. The molecule has 28 heavy (non-hydrogen) atoms. The number of thioether (sulfide) groups is 1. The van der Waals surface area contributed by atoms with E-state index in [0.717, 1.165) is 11.3 Å². The summed E-state index contributed by atoms with van der Waals surface area (Å²) >= 11 is 1.43. The van der Waals surface area contributed by atoms with Crippen LogP contribution in [0.15, 0.2) is 70.6 Å². The maximum absolute atomic E-state index is 12.3. The van der Waals surface area contributed by atoms with Crippen molar-refractivity contribution in [2.24, 2.45) is 0 Å². The molecule has 1 aromatic heterocycles. The largest absolute Gasteiger partial charge is 0.378 e. The fourth-order valence-electron chi connectivity index (χ4n) is 2.58. The number of carbonyl (C=O) groups excluding carboxylic acids is 1. The zero-order chi connectivity index (χ0) is 19.9. The van der Waals surface area contributed by atoms with Crippen LogP contribution in [0.3, 0.4) is 0 Å². The predicted molar refractivity (Wildman–Crippen MR) is 114 cm³/mol. The average Bonchev–Trinajstić information content (AvgIpc) is 2.67. The van der Waals surface area contributed by atoms with Crippen molar-refractivity contribution in [1.29, 1.82) is 0 Å². The second-order valence-corrected chi connectivity index (χ2v) is 7.45. The van der Waals surface area contributed by atoms with Crippen LogP contribution >= 0.6 is 11.8 Å². The van der Waals surface area contributed by atoms with Gasteiger partial charge in [-0.3, -0.25) is 9.59 Å². The molecule has 1 heterocycles. The highest BCUT2D eigenvalue weighted by Gasteiger charge is 2.09. The van der Waals surface area contributed by atoms with Gasteiger partial charge in [0.1, 0.15) is 0 Å². The fourth-order valence-corrected chi connectivity index (χ4v) is 3.43. The summed E-state index contributed by atoms with van der Waals surface area (Å²) in [5.74, 6) is 0.479. The van der Waals surface area contributed by atoms with E-state index in [-0.39, 0.29) is 17.9 Å². The molecule has 0 radical (unpaired) electrons. The Hall–Kier alpha value is -3.06. The molecule has 0 unspecified atom stereocenters. The van der Waals surface area contributed by atoms with Crippen LogP contribution in [0.4, 0.5) is 11.4 Å². The number of amides is 1. The van der Waals surface area contributed by atoms with E-state index >= 15 is 0 Å². The SMILES string of the molecule is CN(C)c1ccc(NC(=O)Cc2cc(=O)[nH]c(SCc3ccccc3)n2)cc1. The smallest absolute Gasteiger partial charge is 0.251 e. The number of H-pyrrole nitrogens is 1. The van der Waals surface area contributed by atoms with Gasteiger partial charge in [-0.05, 0) is 29.8 Å². The molecular formula is C21H22N4O2S. The standard InChI is InChI=1S/C21H22N4O2S/c1-25(2)18-10-8-16(9-11-18)22-19(26)12-17-13-20(27)24-21(23-17)28-14-15-6-4-3-5-7-15/h3-11,13H,12,14H2,1-2H3,(H,22,26)(H,23,24,27). The number of anilines is 2. The fraction of sp³-hybridized carbons (Fsp3) is 0.190. The van der Waals surface area contributed by atoms with Crippen molar-refractivity contribution in [1.82, 2.24) is 9.97 Å². The maximum Gasteiger partial charge on any atom is 0.251 e. The topological polar surface area (TPSA) is 78.1 Å². The minimum atomic E-state index is -0.260. The summed E-state index contributed by atoms with van der Waals surface area (Å²) in [7, 11) is 3.92. The third-order valence-electron chi connectivity index (χ3n) is 4.00. The number of hydrogen-bond donors (Lipinski definition) is 2. The number of rotatable bonds is 7. The maximum atomic E-state index is 12.3. The van der Waals surface area contributed by atoms with Crippen LogP contribution in [0.2, 0.25) is 0 Å². The summed E-state index contributed by atoms with van der Waals surface area (Å²) in [6.07, 6.45) is 0.0399. The van der Waals surface area contributed by atoms with Gasteiger partial charge in [0, 0.05) is 37.3 Å². The Morgan fingerprint density at radius 2 is 1.82 bits per heavy atom. The van der Waals surface area contributed by atoms with E-state index < -0.39 is 0 Å². The van der Waals surface area contributed by atoms with Crippen molar-refractivity contribution in [2.45, 2.75) is 17.3 Å². The molecule has 2 aromatic carbocycles. The van der Waals surface area contributed by atoms with Crippen molar-refractivity contribution in [3.8, 4) is 0 Å². The zero-order valence-corrected chi connectivity index (χ0v) is 16.6. The summed E-state index contributed by atoms with van der Waals surface area (Å²) in [5, 5.41) is 3.35. The number of aromatic nitrogens is 2. The molecule has 0 saturated heterocycles. The number of nitrogens with zero attached hydrogens (tertiary/aromatic N) is 2. The van der Waals surface area contributed by atoms with E-state index in [1.54, 1.807) is 0 Å². The minimum absolute atomic E-state index is 0.0399. The molecule has 3 rings (SSSR count). The Morgan fingerprint density at radius 3 is 2.50 bits per heavy atom. The molecule has 0 aliphatic rings. The van der Waals surface area contributed by atoms with Gasteiger partial charge >= 0.3 is 0 Å². The first-order valence-electron chi connectivity index (χ1n) is 8.84. The van der Waals surface area contributed by atoms with Gasteiger partial charge in [0.25, 0.3) is 5.56 Å². The number of carbonyl (C=O) groups is 1. The van der Waals surface area contributed by atoms with E-state index in [9.17, 15) is 9.59 Å². The molecule has 0 aliphatic heterocycles. The Balaban J connectivity index is 1.62. The lowest BCUT2D eigenvalue weighted by molar-refractivity contribution is -0.115. The minimum Gasteiger partial charge on any atom is -0.378 e. The number of hydrogen-bond acceptors (Lipinski definition) is 5. The molecule has 3 aromatic rings. The van der Waals surface area contributed by atoms with Crippen molar-refractivity contribution in [3.05, 3.63) is 82.3 Å². The number of aromatic amines is 1. The van der Waals surface area contributed by atoms with Gasteiger partial charge < -0.3 is 15.2 Å². The van der Waals surface area contributed by atoms with Crippen molar-refractivity contribution in [3.63, 3.8) is 0 Å². The molecule has 0 saturated carbocycles. The number of benzene rings is 2. The van der Waals surface area contributed by atoms with Crippen LogP contribution < -0.4 is 15.8 Å². The second kappa shape index (κ2) is 9.23. The highest BCUT2D eigenvalue weighted by molar-refractivity contribution is 7.98. The molecule has 6 nitrogen and oxygen atoms in total. The first-order valence-corrected chi connectivity index (χ1v) is 9.82. The van der Waals surface area contributed by atoms with Gasteiger partial charge in [-0.1, -0.05) is 42.1 Å². The van der Waals surface area contributed by atoms with Crippen LogP contribution in [-0.4, -0.2) is 30.0 Å². The second-order valence-electron chi connectivity index (χ2n) is 6.48. The predicted octanol–water partition coefficient (Wildman–Crippen LogP) is 3.31. The van der Waals surface area contributed by atoms with E-state index in [2.05, 4.69) is 15.3 Å². The average molecular weight is 395 g/mol. The Labute approximate surface area is 168 Å². The molecule has 7 heteroatoms. The summed E-state index contributed by atoms with van der Waals surface area (Å²) < 4.78 is 0. The molecule has 1 amide bonds. The van der Waals surface area contributed by atoms with Gasteiger partial charge in [-0.15, -0.1) is 0 Å². The van der Waals surface area contributed by atoms with Gasteiger partial charge in [0.2, 0.25) is 5.91 Å². The molecular weight excluding hydrogens is 372 g/mol. The van der Waals surface area contributed by atoms with Crippen molar-refractivity contribution < 1.29 is 4.79 Å². The van der Waals surface area contributed by atoms with Crippen LogP contribution in [0.5, 0.6) is 0 Å². The highest BCUT2D eigenvalue weighted by atomic mass is 32.2. The highest BCUT2D eigenvalue weighted by Crippen LogP contribution is 2.19. The summed E-state index contributed by atoms with van der Waals surface area (Å²) in [6, 6.07) is 18.9. The molecule has 0 aliphatic carbocycles. The van der Waals surface area contributed by atoms with Crippen molar-refractivity contribution >= 4 is 29.0 Å².